The topological polar surface area (TPSA) is 88.7 Å². The third kappa shape index (κ3) is 10.6. The van der Waals surface area contributed by atoms with Gasteiger partial charge in [0, 0.05) is 19.7 Å². The Balaban J connectivity index is 0.00000450. The first-order valence-corrected chi connectivity index (χ1v) is 10.8. The molecule has 0 aromatic heterocycles. The molecule has 1 aromatic rings. The van der Waals surface area contributed by atoms with Gasteiger partial charge in [0.15, 0.2) is 5.96 Å². The van der Waals surface area contributed by atoms with Crippen molar-refractivity contribution in [3.8, 4) is 0 Å². The molecular weight excluding hydrogens is 498 g/mol. The first-order valence-electron chi connectivity index (χ1n) is 10.8. The van der Waals surface area contributed by atoms with Gasteiger partial charge in [-0.15, -0.1) is 24.0 Å². The number of carbonyl (C=O) groups is 1. The fraction of sp³-hybridized carbons (Fsp3) is 0.636. The summed E-state index contributed by atoms with van der Waals surface area (Å²) in [5, 5.41) is 6.47. The standard InChI is InChI=1S/C22H35FN4O2.HI/c1-2-25-22(26-13-6-14-29-20-7-4-3-5-8-20)27-16-18(21(24)28)15-17-9-11-19(23)12-10-17;/h9-12,18,20H,2-8,13-16H2,1H3,(H2,24,28)(H2,25,26,27);1H. The summed E-state index contributed by atoms with van der Waals surface area (Å²) in [5.41, 5.74) is 6.41. The number of ether oxygens (including phenoxy) is 1. The fourth-order valence-electron chi connectivity index (χ4n) is 3.46. The minimum atomic E-state index is -0.439. The number of hydrogen-bond donors (Lipinski definition) is 3. The van der Waals surface area contributed by atoms with Crippen molar-refractivity contribution in [3.63, 3.8) is 0 Å². The van der Waals surface area contributed by atoms with Crippen LogP contribution in [0.1, 0.15) is 51.0 Å². The second kappa shape index (κ2) is 15.4. The molecule has 30 heavy (non-hydrogen) atoms. The van der Waals surface area contributed by atoms with E-state index in [0.717, 1.165) is 31.7 Å². The molecule has 0 heterocycles. The Bertz CT molecular complexity index is 637. The van der Waals surface area contributed by atoms with Gasteiger partial charge in [-0.05, 0) is 50.3 Å². The first-order chi connectivity index (χ1) is 14.1. The highest BCUT2D eigenvalue weighted by molar-refractivity contribution is 14.0. The number of amides is 1. The molecule has 1 amide bonds. The lowest BCUT2D eigenvalue weighted by molar-refractivity contribution is -0.121. The SMILES string of the molecule is CCNC(=NCC(Cc1ccc(F)cc1)C(N)=O)NCCCOC1CCCCC1.I. The summed E-state index contributed by atoms with van der Waals surface area (Å²) in [6.07, 6.45) is 8.01. The number of nitrogens with zero attached hydrogens (tertiary/aromatic N) is 1. The normalized spacial score (nSPS) is 15.9. The molecule has 0 radical (unpaired) electrons. The number of carbonyl (C=O) groups excluding carboxylic acids is 1. The lowest BCUT2D eigenvalue weighted by Crippen LogP contribution is -2.39. The van der Waals surface area contributed by atoms with Gasteiger partial charge in [0.2, 0.25) is 5.91 Å². The van der Waals surface area contributed by atoms with E-state index in [1.807, 2.05) is 6.92 Å². The zero-order chi connectivity index (χ0) is 20.9. The Hall–Kier alpha value is -1.42. The van der Waals surface area contributed by atoms with Gasteiger partial charge in [0.25, 0.3) is 0 Å². The smallest absolute Gasteiger partial charge is 0.222 e. The lowest BCUT2D eigenvalue weighted by Gasteiger charge is -2.22. The van der Waals surface area contributed by atoms with E-state index in [1.54, 1.807) is 12.1 Å². The molecule has 0 aliphatic heterocycles. The van der Waals surface area contributed by atoms with Crippen molar-refractivity contribution in [2.45, 2.75) is 58.0 Å². The van der Waals surface area contributed by atoms with Crippen LogP contribution in [-0.4, -0.2) is 44.2 Å². The van der Waals surface area contributed by atoms with Gasteiger partial charge in [-0.1, -0.05) is 31.4 Å². The number of primary amides is 1. The number of hydrogen-bond acceptors (Lipinski definition) is 3. The van der Waals surface area contributed by atoms with Crippen LogP contribution >= 0.6 is 24.0 Å². The number of nitrogens with one attached hydrogen (secondary N) is 2. The molecule has 1 fully saturated rings. The van der Waals surface area contributed by atoms with E-state index in [2.05, 4.69) is 15.6 Å². The van der Waals surface area contributed by atoms with Crippen LogP contribution in [0.5, 0.6) is 0 Å². The molecule has 1 atom stereocenters. The van der Waals surface area contributed by atoms with E-state index in [0.29, 0.717) is 18.5 Å². The van der Waals surface area contributed by atoms with Gasteiger partial charge >= 0.3 is 0 Å². The number of halogens is 2. The largest absolute Gasteiger partial charge is 0.378 e. The average molecular weight is 534 g/mol. The summed E-state index contributed by atoms with van der Waals surface area (Å²) in [5.74, 6) is -0.482. The van der Waals surface area contributed by atoms with Gasteiger partial charge < -0.3 is 21.1 Å². The molecule has 1 aliphatic rings. The van der Waals surface area contributed by atoms with Gasteiger partial charge in [0.1, 0.15) is 5.82 Å². The number of guanidine groups is 1. The predicted molar refractivity (Wildman–Crippen MR) is 130 cm³/mol. The van der Waals surface area contributed by atoms with Crippen molar-refractivity contribution in [2.75, 3.05) is 26.2 Å². The highest BCUT2D eigenvalue weighted by atomic mass is 127. The van der Waals surface area contributed by atoms with Crippen molar-refractivity contribution in [1.29, 1.82) is 0 Å². The maximum absolute atomic E-state index is 13.1. The monoisotopic (exact) mass is 534 g/mol. The van der Waals surface area contributed by atoms with Gasteiger partial charge in [-0.25, -0.2) is 4.39 Å². The van der Waals surface area contributed by atoms with Crippen molar-refractivity contribution in [3.05, 3.63) is 35.6 Å². The Morgan fingerprint density at radius 1 is 1.23 bits per heavy atom. The van der Waals surface area contributed by atoms with E-state index in [-0.39, 0.29) is 36.3 Å². The zero-order valence-corrected chi connectivity index (χ0v) is 20.2. The maximum atomic E-state index is 13.1. The van der Waals surface area contributed by atoms with Crippen molar-refractivity contribution in [2.24, 2.45) is 16.6 Å². The van der Waals surface area contributed by atoms with Crippen LogP contribution in [0, 0.1) is 11.7 Å². The third-order valence-electron chi connectivity index (χ3n) is 5.13. The van der Waals surface area contributed by atoms with E-state index < -0.39 is 11.8 Å². The number of benzene rings is 1. The summed E-state index contributed by atoms with van der Waals surface area (Å²) < 4.78 is 19.0. The lowest BCUT2D eigenvalue weighted by atomic mass is 9.98. The second-order valence-electron chi connectivity index (χ2n) is 7.56. The van der Waals surface area contributed by atoms with E-state index >= 15 is 0 Å². The quantitative estimate of drug-likeness (QED) is 0.176. The molecule has 1 aliphatic carbocycles. The summed E-state index contributed by atoms with van der Waals surface area (Å²) in [6.45, 7) is 4.49. The summed E-state index contributed by atoms with van der Waals surface area (Å²) in [7, 11) is 0. The average Bonchev–Trinajstić information content (AvgIpc) is 2.72. The molecule has 8 heteroatoms. The molecule has 1 saturated carbocycles. The van der Waals surface area contributed by atoms with Crippen molar-refractivity contribution >= 4 is 35.8 Å². The predicted octanol–water partition coefficient (Wildman–Crippen LogP) is 3.38. The Morgan fingerprint density at radius 2 is 1.93 bits per heavy atom. The van der Waals surface area contributed by atoms with Gasteiger partial charge in [-0.2, -0.15) is 0 Å². The van der Waals surface area contributed by atoms with Gasteiger partial charge in [-0.3, -0.25) is 9.79 Å². The maximum Gasteiger partial charge on any atom is 0.222 e. The second-order valence-corrected chi connectivity index (χ2v) is 7.56. The van der Waals surface area contributed by atoms with Crippen molar-refractivity contribution < 1.29 is 13.9 Å². The Kier molecular flexibility index (Phi) is 13.7. The van der Waals surface area contributed by atoms with Crippen LogP contribution in [0.15, 0.2) is 29.3 Å². The van der Waals surface area contributed by atoms with Gasteiger partial charge in [0.05, 0.1) is 18.6 Å². The van der Waals surface area contributed by atoms with Crippen LogP contribution in [0.25, 0.3) is 0 Å². The van der Waals surface area contributed by atoms with E-state index in [4.69, 9.17) is 10.5 Å². The Labute approximate surface area is 196 Å². The highest BCUT2D eigenvalue weighted by Gasteiger charge is 2.16. The third-order valence-corrected chi connectivity index (χ3v) is 5.13. The minimum absolute atomic E-state index is 0. The van der Waals surface area contributed by atoms with Crippen LogP contribution < -0.4 is 16.4 Å². The van der Waals surface area contributed by atoms with Crippen LogP contribution in [-0.2, 0) is 16.0 Å². The number of aliphatic imine (C=N–C) groups is 1. The molecule has 0 spiro atoms. The van der Waals surface area contributed by atoms with Crippen LogP contribution in [0.2, 0.25) is 0 Å². The molecule has 2 rings (SSSR count). The minimum Gasteiger partial charge on any atom is -0.378 e. The van der Waals surface area contributed by atoms with E-state index in [1.165, 1.54) is 44.2 Å². The highest BCUT2D eigenvalue weighted by Crippen LogP contribution is 2.20. The summed E-state index contributed by atoms with van der Waals surface area (Å²) in [4.78, 5) is 16.3. The van der Waals surface area contributed by atoms with Crippen LogP contribution in [0.4, 0.5) is 4.39 Å². The molecule has 1 unspecified atom stereocenters. The Morgan fingerprint density at radius 3 is 2.57 bits per heavy atom. The molecule has 0 saturated heterocycles. The fourth-order valence-corrected chi connectivity index (χ4v) is 3.46. The summed E-state index contributed by atoms with van der Waals surface area (Å²) >= 11 is 0. The molecule has 4 N–H and O–H groups in total. The number of rotatable bonds is 11. The van der Waals surface area contributed by atoms with Crippen molar-refractivity contribution in [1.82, 2.24) is 10.6 Å². The molecule has 6 nitrogen and oxygen atoms in total. The van der Waals surface area contributed by atoms with Crippen LogP contribution in [0.3, 0.4) is 0 Å². The zero-order valence-electron chi connectivity index (χ0n) is 17.9. The molecular formula is C22H36FIN4O2. The molecule has 0 bridgehead atoms. The molecule has 170 valence electrons. The van der Waals surface area contributed by atoms with E-state index in [9.17, 15) is 9.18 Å². The molecule has 1 aromatic carbocycles. The summed E-state index contributed by atoms with van der Waals surface area (Å²) in [6, 6.07) is 6.12. The first kappa shape index (κ1) is 26.6. The number of nitrogens with two attached hydrogens (primary N) is 1.